The molecule has 2 unspecified atom stereocenters. The number of nitrogens with zero attached hydrogens (tertiary/aromatic N) is 4. The van der Waals surface area contributed by atoms with Crippen molar-refractivity contribution < 1.29 is 5.11 Å². The van der Waals surface area contributed by atoms with E-state index in [1.165, 1.54) is 0 Å². The molecule has 5 heteroatoms. The molecule has 1 N–H and O–H groups in total. The highest BCUT2D eigenvalue weighted by atomic mass is 16.3. The van der Waals surface area contributed by atoms with Gasteiger partial charge in [0.05, 0.1) is 0 Å². The summed E-state index contributed by atoms with van der Waals surface area (Å²) in [7, 11) is 2.13. The number of fused-ring (bicyclic) bond motifs is 1. The molecule has 0 bridgehead atoms. The number of rotatable bonds is 1. The highest BCUT2D eigenvalue weighted by Crippen LogP contribution is 2.28. The molecule has 16 heavy (non-hydrogen) atoms. The van der Waals surface area contributed by atoms with E-state index in [1.807, 2.05) is 4.68 Å². The van der Waals surface area contributed by atoms with Gasteiger partial charge in [0.15, 0.2) is 11.6 Å². The molecule has 2 aliphatic heterocycles. The third kappa shape index (κ3) is 1.64. The van der Waals surface area contributed by atoms with E-state index in [9.17, 15) is 5.11 Å². The Morgan fingerprint density at radius 2 is 2.19 bits per heavy atom. The Labute approximate surface area is 95.1 Å². The second-order valence-electron chi connectivity index (χ2n) is 4.96. The van der Waals surface area contributed by atoms with E-state index in [2.05, 4.69) is 22.0 Å². The first-order valence-electron chi connectivity index (χ1n) is 6.05. The normalized spacial score (nSPS) is 30.6. The quantitative estimate of drug-likeness (QED) is 0.753. The molecule has 5 nitrogen and oxygen atoms in total. The van der Waals surface area contributed by atoms with Crippen LogP contribution in [-0.2, 0) is 6.54 Å². The largest absolute Gasteiger partial charge is 0.385 e. The maximum atomic E-state index is 9.84. The molecule has 1 aromatic heterocycles. The number of aryl methyl sites for hydroxylation is 1. The molecule has 0 spiro atoms. The number of aromatic nitrogens is 3. The number of likely N-dealkylation sites (N-methyl/N-ethyl adjacent to an activating group) is 1. The Morgan fingerprint density at radius 1 is 1.31 bits per heavy atom. The summed E-state index contributed by atoms with van der Waals surface area (Å²) in [4.78, 5) is 6.83. The number of aliphatic hydroxyl groups excluding tert-OH is 1. The maximum absolute atomic E-state index is 9.84. The minimum Gasteiger partial charge on any atom is -0.385 e. The van der Waals surface area contributed by atoms with Gasteiger partial charge in [-0.2, -0.15) is 5.10 Å². The van der Waals surface area contributed by atoms with Gasteiger partial charge in [0, 0.05) is 19.0 Å². The first kappa shape index (κ1) is 10.2. The van der Waals surface area contributed by atoms with Crippen LogP contribution < -0.4 is 0 Å². The summed E-state index contributed by atoms with van der Waals surface area (Å²) in [6, 6.07) is 0. The zero-order valence-corrected chi connectivity index (χ0v) is 9.63. The predicted molar refractivity (Wildman–Crippen MR) is 59.1 cm³/mol. The van der Waals surface area contributed by atoms with Gasteiger partial charge in [0.1, 0.15) is 6.10 Å². The van der Waals surface area contributed by atoms with Crippen LogP contribution >= 0.6 is 0 Å². The molecule has 3 heterocycles. The Hall–Kier alpha value is -0.940. The van der Waals surface area contributed by atoms with Crippen molar-refractivity contribution in [2.24, 2.45) is 0 Å². The Kier molecular flexibility index (Phi) is 2.44. The fraction of sp³-hybridized carbons (Fsp3) is 0.818. The summed E-state index contributed by atoms with van der Waals surface area (Å²) in [5.41, 5.74) is 0. The summed E-state index contributed by atoms with van der Waals surface area (Å²) in [6.07, 6.45) is 2.55. The van der Waals surface area contributed by atoms with Gasteiger partial charge in [0.2, 0.25) is 0 Å². The monoisotopic (exact) mass is 222 g/mol. The van der Waals surface area contributed by atoms with E-state index in [0.29, 0.717) is 5.92 Å². The molecular weight excluding hydrogens is 204 g/mol. The second kappa shape index (κ2) is 3.82. The van der Waals surface area contributed by atoms with Gasteiger partial charge in [-0.05, 0) is 32.9 Å². The highest BCUT2D eigenvalue weighted by molar-refractivity contribution is 5.06. The predicted octanol–water partition coefficient (Wildman–Crippen LogP) is 0.524. The molecule has 2 atom stereocenters. The van der Waals surface area contributed by atoms with Gasteiger partial charge in [-0.15, -0.1) is 0 Å². The van der Waals surface area contributed by atoms with Gasteiger partial charge in [-0.1, -0.05) is 0 Å². The van der Waals surface area contributed by atoms with Crippen LogP contribution in [0.1, 0.15) is 42.9 Å². The van der Waals surface area contributed by atoms with Crippen molar-refractivity contribution in [2.75, 3.05) is 20.1 Å². The van der Waals surface area contributed by atoms with Crippen LogP contribution in [0.4, 0.5) is 0 Å². The average Bonchev–Trinajstić information content (AvgIpc) is 2.84. The lowest BCUT2D eigenvalue weighted by Crippen LogP contribution is -2.16. The third-order valence-electron chi connectivity index (χ3n) is 3.62. The molecule has 1 saturated heterocycles. The summed E-state index contributed by atoms with van der Waals surface area (Å²) >= 11 is 0. The molecule has 0 radical (unpaired) electrons. The molecule has 3 rings (SSSR count). The number of hydrogen-bond acceptors (Lipinski definition) is 4. The maximum Gasteiger partial charge on any atom is 0.156 e. The summed E-state index contributed by atoms with van der Waals surface area (Å²) in [6.45, 7) is 3.07. The Balaban J connectivity index is 1.86. The Bertz CT molecular complexity index is 389. The van der Waals surface area contributed by atoms with Crippen LogP contribution in [0.3, 0.4) is 0 Å². The van der Waals surface area contributed by atoms with Crippen molar-refractivity contribution >= 4 is 0 Å². The van der Waals surface area contributed by atoms with Crippen LogP contribution in [0.15, 0.2) is 0 Å². The molecule has 0 amide bonds. The second-order valence-corrected chi connectivity index (χ2v) is 4.96. The van der Waals surface area contributed by atoms with Crippen LogP contribution in [0.5, 0.6) is 0 Å². The third-order valence-corrected chi connectivity index (χ3v) is 3.62. The minimum absolute atomic E-state index is 0.408. The van der Waals surface area contributed by atoms with E-state index in [1.54, 1.807) is 0 Å². The van der Waals surface area contributed by atoms with Crippen LogP contribution in [0, 0.1) is 0 Å². The number of likely N-dealkylation sites (tertiary alicyclic amines) is 1. The van der Waals surface area contributed by atoms with Gasteiger partial charge >= 0.3 is 0 Å². The molecular formula is C11H18N4O. The smallest absolute Gasteiger partial charge is 0.156 e. The SMILES string of the molecule is CN1CCC(c2nc3n(n2)CCCC3O)C1. The lowest BCUT2D eigenvalue weighted by Gasteiger charge is -2.16. The zero-order chi connectivity index (χ0) is 11.1. The van der Waals surface area contributed by atoms with Crippen molar-refractivity contribution in [1.82, 2.24) is 19.7 Å². The lowest BCUT2D eigenvalue weighted by atomic mass is 10.1. The first-order valence-corrected chi connectivity index (χ1v) is 6.05. The van der Waals surface area contributed by atoms with Crippen molar-refractivity contribution in [3.63, 3.8) is 0 Å². The van der Waals surface area contributed by atoms with Crippen molar-refractivity contribution in [2.45, 2.75) is 37.8 Å². The molecule has 2 aliphatic rings. The van der Waals surface area contributed by atoms with Crippen molar-refractivity contribution in [3.05, 3.63) is 11.6 Å². The number of hydrogen-bond donors (Lipinski definition) is 1. The van der Waals surface area contributed by atoms with Crippen molar-refractivity contribution in [1.29, 1.82) is 0 Å². The van der Waals surface area contributed by atoms with E-state index in [4.69, 9.17) is 0 Å². The molecule has 0 aliphatic carbocycles. The van der Waals surface area contributed by atoms with Crippen LogP contribution in [0.2, 0.25) is 0 Å². The Morgan fingerprint density at radius 3 is 2.88 bits per heavy atom. The summed E-state index contributed by atoms with van der Waals surface area (Å²) in [5.74, 6) is 2.16. The van der Waals surface area contributed by atoms with Gasteiger partial charge < -0.3 is 10.0 Å². The first-order chi connectivity index (χ1) is 7.74. The van der Waals surface area contributed by atoms with E-state index < -0.39 is 6.10 Å². The molecule has 0 saturated carbocycles. The number of aliphatic hydroxyl groups is 1. The topological polar surface area (TPSA) is 54.2 Å². The van der Waals surface area contributed by atoms with Gasteiger partial charge in [-0.25, -0.2) is 9.67 Å². The highest BCUT2D eigenvalue weighted by Gasteiger charge is 2.28. The standard InChI is InChI=1S/C11H18N4O/c1-14-6-4-8(7-14)10-12-11-9(16)3-2-5-15(11)13-10/h8-9,16H,2-7H2,1H3. The molecule has 1 fully saturated rings. The van der Waals surface area contributed by atoms with Crippen LogP contribution in [0.25, 0.3) is 0 Å². The average molecular weight is 222 g/mol. The van der Waals surface area contributed by atoms with E-state index >= 15 is 0 Å². The van der Waals surface area contributed by atoms with Gasteiger partial charge in [0.25, 0.3) is 0 Å². The fourth-order valence-electron chi connectivity index (χ4n) is 2.67. The molecule has 0 aromatic carbocycles. The lowest BCUT2D eigenvalue weighted by molar-refractivity contribution is 0.130. The zero-order valence-electron chi connectivity index (χ0n) is 9.63. The van der Waals surface area contributed by atoms with Gasteiger partial charge in [-0.3, -0.25) is 0 Å². The fourth-order valence-corrected chi connectivity index (χ4v) is 2.67. The summed E-state index contributed by atoms with van der Waals surface area (Å²) < 4.78 is 1.89. The van der Waals surface area contributed by atoms with Crippen LogP contribution in [-0.4, -0.2) is 44.9 Å². The molecule has 1 aromatic rings. The molecule has 88 valence electrons. The summed E-state index contributed by atoms with van der Waals surface area (Å²) in [5, 5.41) is 14.4. The van der Waals surface area contributed by atoms with E-state index in [-0.39, 0.29) is 0 Å². The van der Waals surface area contributed by atoms with Crippen molar-refractivity contribution in [3.8, 4) is 0 Å². The van der Waals surface area contributed by atoms with E-state index in [0.717, 1.165) is 50.5 Å². The minimum atomic E-state index is -0.408.